The third-order valence-electron chi connectivity index (χ3n) is 3.27. The zero-order valence-electron chi connectivity index (χ0n) is 9.39. The molecule has 3 rings (SSSR count). The highest BCUT2D eigenvalue weighted by atomic mass is 35.5. The van der Waals surface area contributed by atoms with Crippen molar-refractivity contribution in [2.75, 3.05) is 6.54 Å². The summed E-state index contributed by atoms with van der Waals surface area (Å²) in [5.74, 6) is 0. The van der Waals surface area contributed by atoms with Gasteiger partial charge in [-0.15, -0.1) is 16.4 Å². The van der Waals surface area contributed by atoms with Crippen LogP contribution >= 0.6 is 34.5 Å². The van der Waals surface area contributed by atoms with Crippen LogP contribution in [-0.4, -0.2) is 21.0 Å². The molecule has 2 aromatic rings. The average Bonchev–Trinajstić information content (AvgIpc) is 2.92. The number of halogens is 1. The molecule has 90 valence electrons. The monoisotopic (exact) mass is 285 g/mol. The molecule has 3 heterocycles. The molecule has 0 spiro atoms. The van der Waals surface area contributed by atoms with Crippen LogP contribution in [0.4, 0.5) is 0 Å². The van der Waals surface area contributed by atoms with Crippen LogP contribution in [0.2, 0.25) is 4.34 Å². The summed E-state index contributed by atoms with van der Waals surface area (Å²) in [6.07, 6.45) is 1.13. The first-order valence-corrected chi connectivity index (χ1v) is 7.56. The summed E-state index contributed by atoms with van der Waals surface area (Å²) in [4.78, 5) is 3.94. The van der Waals surface area contributed by atoms with Crippen molar-refractivity contribution in [3.05, 3.63) is 31.9 Å². The fraction of sp³-hybridized carbons (Fsp3) is 0.455. The van der Waals surface area contributed by atoms with Gasteiger partial charge in [0.25, 0.3) is 0 Å². The van der Waals surface area contributed by atoms with E-state index in [-0.39, 0.29) is 0 Å². The number of aromatic nitrogens is 2. The standard InChI is InChI=1S/C11H12ClN3S2/c1-7-8-3-5-16-10(8)2-4-15(7)6-9-11(12)17-14-13-9/h3,5,7H,2,4,6H2,1H3. The molecule has 0 saturated carbocycles. The van der Waals surface area contributed by atoms with Crippen LogP contribution in [-0.2, 0) is 13.0 Å². The van der Waals surface area contributed by atoms with Gasteiger partial charge in [-0.2, -0.15) is 0 Å². The fourth-order valence-electron chi connectivity index (χ4n) is 2.26. The normalized spacial score (nSPS) is 20.5. The van der Waals surface area contributed by atoms with Gasteiger partial charge in [-0.1, -0.05) is 16.1 Å². The molecule has 2 aromatic heterocycles. The van der Waals surface area contributed by atoms with Crippen LogP contribution in [0.25, 0.3) is 0 Å². The summed E-state index contributed by atoms with van der Waals surface area (Å²) in [5.41, 5.74) is 2.36. The molecule has 17 heavy (non-hydrogen) atoms. The van der Waals surface area contributed by atoms with Crippen molar-refractivity contribution in [2.24, 2.45) is 0 Å². The van der Waals surface area contributed by atoms with E-state index in [1.807, 2.05) is 11.3 Å². The van der Waals surface area contributed by atoms with Gasteiger partial charge in [0, 0.05) is 35.5 Å². The van der Waals surface area contributed by atoms with Crippen molar-refractivity contribution in [3.63, 3.8) is 0 Å². The maximum absolute atomic E-state index is 6.05. The van der Waals surface area contributed by atoms with E-state index in [0.29, 0.717) is 10.4 Å². The minimum atomic E-state index is 0.447. The quantitative estimate of drug-likeness (QED) is 0.847. The van der Waals surface area contributed by atoms with E-state index in [9.17, 15) is 0 Å². The lowest BCUT2D eigenvalue weighted by Crippen LogP contribution is -2.32. The molecule has 1 unspecified atom stereocenters. The number of rotatable bonds is 2. The van der Waals surface area contributed by atoms with E-state index in [1.54, 1.807) is 0 Å². The fourth-order valence-corrected chi connectivity index (χ4v) is 3.84. The van der Waals surface area contributed by atoms with E-state index in [2.05, 4.69) is 32.9 Å². The highest BCUT2D eigenvalue weighted by Crippen LogP contribution is 2.34. The lowest BCUT2D eigenvalue weighted by Gasteiger charge is -2.32. The van der Waals surface area contributed by atoms with Crippen LogP contribution in [0.3, 0.4) is 0 Å². The summed E-state index contributed by atoms with van der Waals surface area (Å²) < 4.78 is 4.60. The summed E-state index contributed by atoms with van der Waals surface area (Å²) >= 11 is 9.18. The number of hydrogen-bond donors (Lipinski definition) is 0. The molecule has 6 heteroatoms. The van der Waals surface area contributed by atoms with Crippen molar-refractivity contribution >= 4 is 34.5 Å². The Morgan fingerprint density at radius 1 is 1.59 bits per heavy atom. The summed E-state index contributed by atoms with van der Waals surface area (Å²) in [6.45, 7) is 4.12. The van der Waals surface area contributed by atoms with Gasteiger partial charge >= 0.3 is 0 Å². The Balaban J connectivity index is 1.81. The highest BCUT2D eigenvalue weighted by Gasteiger charge is 2.25. The molecule has 0 aliphatic carbocycles. The predicted molar refractivity (Wildman–Crippen MR) is 71.8 cm³/mol. The molecule has 1 aliphatic rings. The second kappa shape index (κ2) is 4.65. The predicted octanol–water partition coefficient (Wildman–Crippen LogP) is 3.37. The van der Waals surface area contributed by atoms with Crippen molar-refractivity contribution in [1.29, 1.82) is 0 Å². The summed E-state index contributed by atoms with van der Waals surface area (Å²) in [7, 11) is 0. The number of thiophene rings is 1. The minimum Gasteiger partial charge on any atom is -0.290 e. The van der Waals surface area contributed by atoms with Crippen LogP contribution < -0.4 is 0 Å². The van der Waals surface area contributed by atoms with Crippen LogP contribution in [0.5, 0.6) is 0 Å². The molecule has 0 amide bonds. The molecule has 3 nitrogen and oxygen atoms in total. The molecule has 0 fully saturated rings. The van der Waals surface area contributed by atoms with Gasteiger partial charge < -0.3 is 0 Å². The first kappa shape index (κ1) is 11.6. The maximum atomic E-state index is 6.05. The molecular weight excluding hydrogens is 274 g/mol. The van der Waals surface area contributed by atoms with Crippen LogP contribution in [0, 0.1) is 0 Å². The molecule has 0 saturated heterocycles. The van der Waals surface area contributed by atoms with Gasteiger partial charge in [0.1, 0.15) is 10.0 Å². The lowest BCUT2D eigenvalue weighted by molar-refractivity contribution is 0.189. The number of fused-ring (bicyclic) bond motifs is 1. The molecule has 0 N–H and O–H groups in total. The zero-order valence-corrected chi connectivity index (χ0v) is 11.8. The lowest BCUT2D eigenvalue weighted by atomic mass is 10.0. The minimum absolute atomic E-state index is 0.447. The Morgan fingerprint density at radius 3 is 3.24 bits per heavy atom. The van der Waals surface area contributed by atoms with Crippen molar-refractivity contribution in [1.82, 2.24) is 14.5 Å². The van der Waals surface area contributed by atoms with Crippen LogP contribution in [0.1, 0.15) is 29.1 Å². The topological polar surface area (TPSA) is 29.0 Å². The van der Waals surface area contributed by atoms with Crippen molar-refractivity contribution in [2.45, 2.75) is 25.9 Å². The van der Waals surface area contributed by atoms with E-state index in [0.717, 1.165) is 25.2 Å². The van der Waals surface area contributed by atoms with Gasteiger partial charge in [0.2, 0.25) is 0 Å². The molecule has 1 aliphatic heterocycles. The first-order valence-electron chi connectivity index (χ1n) is 5.52. The zero-order chi connectivity index (χ0) is 11.8. The Morgan fingerprint density at radius 2 is 2.47 bits per heavy atom. The second-order valence-electron chi connectivity index (χ2n) is 4.19. The van der Waals surface area contributed by atoms with E-state index in [4.69, 9.17) is 11.6 Å². The highest BCUT2D eigenvalue weighted by molar-refractivity contribution is 7.10. The first-order chi connectivity index (χ1) is 8.25. The second-order valence-corrected chi connectivity index (χ2v) is 6.55. The molecule has 0 aromatic carbocycles. The van der Waals surface area contributed by atoms with Gasteiger partial charge in [-0.3, -0.25) is 4.90 Å². The van der Waals surface area contributed by atoms with Gasteiger partial charge in [0.15, 0.2) is 0 Å². The van der Waals surface area contributed by atoms with Gasteiger partial charge in [-0.25, -0.2) is 0 Å². The third kappa shape index (κ3) is 2.12. The largest absolute Gasteiger partial charge is 0.290 e. The Labute approximate surface area is 113 Å². The van der Waals surface area contributed by atoms with E-state index < -0.39 is 0 Å². The van der Waals surface area contributed by atoms with Crippen molar-refractivity contribution in [3.8, 4) is 0 Å². The van der Waals surface area contributed by atoms with Crippen LogP contribution in [0.15, 0.2) is 11.4 Å². The Hall–Kier alpha value is -0.490. The van der Waals surface area contributed by atoms with Gasteiger partial charge in [-0.05, 0) is 30.4 Å². The molecule has 0 bridgehead atoms. The molecule has 0 radical (unpaired) electrons. The summed E-state index contributed by atoms with van der Waals surface area (Å²) in [6, 6.07) is 2.68. The van der Waals surface area contributed by atoms with E-state index >= 15 is 0 Å². The van der Waals surface area contributed by atoms with E-state index in [1.165, 1.54) is 22.0 Å². The van der Waals surface area contributed by atoms with Gasteiger partial charge in [0.05, 0.1) is 0 Å². The smallest absolute Gasteiger partial charge is 0.138 e. The third-order valence-corrected chi connectivity index (χ3v) is 5.25. The Bertz CT molecular complexity index is 522. The SMILES string of the molecule is CC1c2ccsc2CCN1Cc1nnsc1Cl. The molecular formula is C11H12ClN3S2. The number of nitrogens with zero attached hydrogens (tertiary/aromatic N) is 3. The summed E-state index contributed by atoms with van der Waals surface area (Å²) in [5, 5.41) is 6.27. The Kier molecular flexibility index (Phi) is 3.17. The van der Waals surface area contributed by atoms with Crippen molar-refractivity contribution < 1.29 is 0 Å². The molecule has 1 atom stereocenters. The maximum Gasteiger partial charge on any atom is 0.138 e. The number of hydrogen-bond acceptors (Lipinski definition) is 5. The average molecular weight is 286 g/mol.